The summed E-state index contributed by atoms with van der Waals surface area (Å²) in [5, 5.41) is -0.429. The van der Waals surface area contributed by atoms with Gasteiger partial charge in [0.2, 0.25) is 0 Å². The molecule has 5 nitrogen and oxygen atoms in total. The van der Waals surface area contributed by atoms with E-state index >= 15 is 0 Å². The fourth-order valence-electron chi connectivity index (χ4n) is 2.68. The second-order valence-corrected chi connectivity index (χ2v) is 6.64. The maximum atomic E-state index is 12.8. The molecule has 0 bridgehead atoms. The Balaban J connectivity index is 1.91. The third-order valence-electron chi connectivity index (χ3n) is 3.82. The maximum absolute atomic E-state index is 12.8. The van der Waals surface area contributed by atoms with Crippen LogP contribution in [0.2, 0.25) is 5.02 Å². The van der Waals surface area contributed by atoms with Crippen molar-refractivity contribution in [2.45, 2.75) is 32.2 Å². The average Bonchev–Trinajstić information content (AvgIpc) is 2.57. The molecule has 0 unspecified atom stereocenters. The van der Waals surface area contributed by atoms with Crippen molar-refractivity contribution in [3.63, 3.8) is 0 Å². The first-order valence-electron chi connectivity index (χ1n) is 8.21. The number of carbonyl (C=O) groups excluding carboxylic acids is 2. The first-order chi connectivity index (χ1) is 12.6. The van der Waals surface area contributed by atoms with Crippen LogP contribution in [0.15, 0.2) is 24.3 Å². The van der Waals surface area contributed by atoms with Gasteiger partial charge < -0.3 is 14.4 Å². The van der Waals surface area contributed by atoms with Crippen molar-refractivity contribution in [2.24, 2.45) is 0 Å². The molecule has 9 heteroatoms. The van der Waals surface area contributed by atoms with Crippen molar-refractivity contribution in [3.8, 4) is 0 Å². The van der Waals surface area contributed by atoms with Crippen molar-refractivity contribution in [1.29, 1.82) is 0 Å². The molecule has 0 aliphatic carbocycles. The monoisotopic (exact) mass is 405 g/mol. The Morgan fingerprint density at radius 2 is 1.93 bits per heavy atom. The zero-order valence-corrected chi connectivity index (χ0v) is 15.5. The molecule has 0 saturated carbocycles. The third-order valence-corrected chi connectivity index (χ3v) is 4.15. The average molecular weight is 406 g/mol. The number of halogens is 4. The van der Waals surface area contributed by atoms with Gasteiger partial charge in [-0.1, -0.05) is 17.7 Å². The molecule has 2 atom stereocenters. The normalized spacial score (nSPS) is 20.7. The van der Waals surface area contributed by atoms with Crippen LogP contribution in [0.3, 0.4) is 0 Å². The SMILES string of the molecule is C[C@@H]1CN(C(=O)COC(=O)/C=C/c2ccc(Cl)c(C(F)(F)F)c2)C[C@H](C)O1. The maximum Gasteiger partial charge on any atom is 0.417 e. The lowest BCUT2D eigenvalue weighted by Crippen LogP contribution is -2.49. The minimum absolute atomic E-state index is 0.110. The zero-order valence-electron chi connectivity index (χ0n) is 14.8. The van der Waals surface area contributed by atoms with Crippen LogP contribution < -0.4 is 0 Å². The Bertz CT molecular complexity index is 726. The number of benzene rings is 1. The highest BCUT2D eigenvalue weighted by molar-refractivity contribution is 6.31. The van der Waals surface area contributed by atoms with Crippen LogP contribution in [0.4, 0.5) is 13.2 Å². The summed E-state index contributed by atoms with van der Waals surface area (Å²) in [5.74, 6) is -1.19. The first kappa shape index (κ1) is 21.2. The Labute approximate surface area is 159 Å². The molecule has 148 valence electrons. The molecule has 0 N–H and O–H groups in total. The van der Waals surface area contributed by atoms with Crippen LogP contribution in [0.5, 0.6) is 0 Å². The lowest BCUT2D eigenvalue weighted by molar-refractivity contribution is -0.154. The predicted octanol–water partition coefficient (Wildman–Crippen LogP) is 3.55. The summed E-state index contributed by atoms with van der Waals surface area (Å²) in [6.07, 6.45) is -2.69. The van der Waals surface area contributed by atoms with Gasteiger partial charge in [-0.25, -0.2) is 4.79 Å². The second-order valence-electron chi connectivity index (χ2n) is 6.23. The molecule has 27 heavy (non-hydrogen) atoms. The fraction of sp³-hybridized carbons (Fsp3) is 0.444. The van der Waals surface area contributed by atoms with Gasteiger partial charge in [-0.2, -0.15) is 13.2 Å². The highest BCUT2D eigenvalue weighted by Crippen LogP contribution is 2.35. The first-order valence-corrected chi connectivity index (χ1v) is 8.59. The Morgan fingerprint density at radius 1 is 1.30 bits per heavy atom. The number of rotatable bonds is 4. The number of hydrogen-bond acceptors (Lipinski definition) is 4. The number of hydrogen-bond donors (Lipinski definition) is 0. The topological polar surface area (TPSA) is 55.8 Å². The zero-order chi connectivity index (χ0) is 20.2. The van der Waals surface area contributed by atoms with E-state index in [-0.39, 0.29) is 23.7 Å². The van der Waals surface area contributed by atoms with Crippen LogP contribution in [-0.4, -0.2) is 48.7 Å². The molecule has 0 radical (unpaired) electrons. The molecule has 1 fully saturated rings. The van der Waals surface area contributed by atoms with E-state index in [4.69, 9.17) is 21.1 Å². The van der Waals surface area contributed by atoms with Gasteiger partial charge >= 0.3 is 12.1 Å². The molecule has 1 aromatic rings. The Morgan fingerprint density at radius 3 is 2.52 bits per heavy atom. The predicted molar refractivity (Wildman–Crippen MR) is 93.0 cm³/mol. The van der Waals surface area contributed by atoms with Gasteiger partial charge in [-0.3, -0.25) is 4.79 Å². The summed E-state index contributed by atoms with van der Waals surface area (Å²) in [4.78, 5) is 25.4. The van der Waals surface area contributed by atoms with Crippen molar-refractivity contribution in [2.75, 3.05) is 19.7 Å². The van der Waals surface area contributed by atoms with E-state index in [0.717, 1.165) is 24.3 Å². The molecule has 1 heterocycles. The lowest BCUT2D eigenvalue weighted by atomic mass is 10.1. The quantitative estimate of drug-likeness (QED) is 0.568. The standard InChI is InChI=1S/C18H19ClF3NO4/c1-11-8-23(9-12(2)27-11)16(24)10-26-17(25)6-4-13-3-5-15(19)14(7-13)18(20,21)22/h3-7,11-12H,8-10H2,1-2H3/b6-4+/t11-,12+. The van der Waals surface area contributed by atoms with E-state index in [1.807, 2.05) is 13.8 Å². The Kier molecular flexibility index (Phi) is 6.89. The van der Waals surface area contributed by atoms with Crippen molar-refractivity contribution in [3.05, 3.63) is 40.4 Å². The van der Waals surface area contributed by atoms with E-state index in [9.17, 15) is 22.8 Å². The highest BCUT2D eigenvalue weighted by Gasteiger charge is 2.33. The van der Waals surface area contributed by atoms with E-state index in [2.05, 4.69) is 0 Å². The fourth-order valence-corrected chi connectivity index (χ4v) is 2.91. The van der Waals surface area contributed by atoms with Gasteiger partial charge in [0.15, 0.2) is 6.61 Å². The summed E-state index contributed by atoms with van der Waals surface area (Å²) in [7, 11) is 0. The third kappa shape index (κ3) is 6.25. The molecular weight excluding hydrogens is 387 g/mol. The summed E-state index contributed by atoms with van der Waals surface area (Å²) in [6.45, 7) is 4.04. The second kappa shape index (κ2) is 8.75. The van der Waals surface area contributed by atoms with E-state index in [1.165, 1.54) is 6.07 Å². The van der Waals surface area contributed by atoms with Gasteiger partial charge in [0.25, 0.3) is 5.91 Å². The minimum atomic E-state index is -4.60. The summed E-state index contributed by atoms with van der Waals surface area (Å²) in [6, 6.07) is 3.26. The number of morpholine rings is 1. The van der Waals surface area contributed by atoms with E-state index in [0.29, 0.717) is 13.1 Å². The molecule has 0 spiro atoms. The van der Waals surface area contributed by atoms with Crippen LogP contribution in [-0.2, 0) is 25.2 Å². The largest absolute Gasteiger partial charge is 0.452 e. The van der Waals surface area contributed by atoms with E-state index < -0.39 is 29.3 Å². The molecule has 0 aromatic heterocycles. The van der Waals surface area contributed by atoms with Gasteiger partial charge in [0, 0.05) is 19.2 Å². The lowest BCUT2D eigenvalue weighted by Gasteiger charge is -2.35. The minimum Gasteiger partial charge on any atom is -0.452 e. The number of carbonyl (C=O) groups is 2. The molecular formula is C18H19ClF3NO4. The van der Waals surface area contributed by atoms with Crippen LogP contribution >= 0.6 is 11.6 Å². The van der Waals surface area contributed by atoms with Gasteiger partial charge in [0.1, 0.15) is 0 Å². The molecule has 1 aromatic carbocycles. The smallest absolute Gasteiger partial charge is 0.417 e. The number of ether oxygens (including phenoxy) is 2. The number of esters is 1. The van der Waals surface area contributed by atoms with Crippen molar-refractivity contribution < 1.29 is 32.2 Å². The van der Waals surface area contributed by atoms with Crippen LogP contribution in [0, 0.1) is 0 Å². The molecule has 1 aliphatic rings. The summed E-state index contributed by atoms with van der Waals surface area (Å²) in [5.41, 5.74) is -0.865. The number of amides is 1. The highest BCUT2D eigenvalue weighted by atomic mass is 35.5. The van der Waals surface area contributed by atoms with Gasteiger partial charge in [-0.15, -0.1) is 0 Å². The Hall–Kier alpha value is -2.06. The van der Waals surface area contributed by atoms with Crippen molar-refractivity contribution >= 4 is 29.6 Å². The molecule has 2 rings (SSSR count). The number of nitrogens with zero attached hydrogens (tertiary/aromatic N) is 1. The van der Waals surface area contributed by atoms with Crippen molar-refractivity contribution in [1.82, 2.24) is 4.90 Å². The molecule has 1 amide bonds. The number of alkyl halides is 3. The van der Waals surface area contributed by atoms with Crippen LogP contribution in [0.25, 0.3) is 6.08 Å². The van der Waals surface area contributed by atoms with Gasteiger partial charge in [-0.05, 0) is 37.6 Å². The molecule has 1 saturated heterocycles. The summed E-state index contributed by atoms with van der Waals surface area (Å²) < 4.78 is 48.8. The van der Waals surface area contributed by atoms with E-state index in [1.54, 1.807) is 4.90 Å². The molecule has 1 aliphatic heterocycles. The summed E-state index contributed by atoms with van der Waals surface area (Å²) >= 11 is 5.54. The van der Waals surface area contributed by atoms with Crippen LogP contribution in [0.1, 0.15) is 25.0 Å². The van der Waals surface area contributed by atoms with Gasteiger partial charge in [0.05, 0.1) is 22.8 Å².